The third kappa shape index (κ3) is 19.4. The van der Waals surface area contributed by atoms with Gasteiger partial charge in [0.05, 0.1) is 12.6 Å². The number of carboxylic acids is 1. The number of carbonyl (C=O) groups excluding carboxylic acids is 6. The van der Waals surface area contributed by atoms with Gasteiger partial charge in [-0.25, -0.2) is 4.79 Å². The maximum Gasteiger partial charge on any atom is 0.326 e. The Kier molecular flexibility index (Phi) is 23.8. The van der Waals surface area contributed by atoms with Crippen molar-refractivity contribution in [1.82, 2.24) is 31.9 Å². The molecule has 16 nitrogen and oxygen atoms in total. The van der Waals surface area contributed by atoms with Crippen LogP contribution in [0, 0.1) is 23.7 Å². The van der Waals surface area contributed by atoms with Gasteiger partial charge in [0.15, 0.2) is 0 Å². The second kappa shape index (κ2) is 25.5. The summed E-state index contributed by atoms with van der Waals surface area (Å²) in [7, 11) is 0. The van der Waals surface area contributed by atoms with E-state index in [1.807, 2.05) is 34.0 Å². The molecule has 300 valence electrons. The van der Waals surface area contributed by atoms with E-state index in [2.05, 4.69) is 31.9 Å². The highest BCUT2D eigenvalue weighted by Gasteiger charge is 2.34. The zero-order valence-electron chi connectivity index (χ0n) is 32.5. The van der Waals surface area contributed by atoms with Gasteiger partial charge in [0.1, 0.15) is 30.2 Å². The van der Waals surface area contributed by atoms with Crippen molar-refractivity contribution in [2.75, 3.05) is 25.1 Å². The number of thioether (sulfide) groups is 1. The fourth-order valence-electron chi connectivity index (χ4n) is 5.18. The summed E-state index contributed by atoms with van der Waals surface area (Å²) in [4.78, 5) is 90.5. The van der Waals surface area contributed by atoms with Crippen LogP contribution in [-0.2, 0) is 33.6 Å². The monoisotopic (exact) mass is 758 g/mol. The van der Waals surface area contributed by atoms with Crippen molar-refractivity contribution < 1.29 is 38.7 Å². The topological polar surface area (TPSA) is 264 Å². The van der Waals surface area contributed by atoms with Crippen LogP contribution in [0.3, 0.4) is 0 Å². The molecule has 0 aliphatic carbocycles. The standard InChI is InChI=1S/C35H66N8O8S/c1-19(2)16-25(31(46)40-24(35(50)51)13-15-52-9)39-27(44)18-38-33(48)28(21(5)6)43-34(49)29(22(7)8)42-32(47)26(17-20(3)4)41-30(45)23(37)12-10-11-14-36/h19-26,28-29H,10-18,36-37H2,1-9H3,(H,38,48)(H,39,44)(H,40,46)(H,41,45)(H,42,47)(H,43,49)(H,50,51)/t23-,24-,25-,26-,28-,29-/m0/s1. The van der Waals surface area contributed by atoms with Gasteiger partial charge in [-0.15, -0.1) is 0 Å². The lowest BCUT2D eigenvalue weighted by molar-refractivity contribution is -0.142. The molecule has 0 aromatic heterocycles. The van der Waals surface area contributed by atoms with Crippen LogP contribution in [0.1, 0.15) is 93.9 Å². The number of hydrogen-bond acceptors (Lipinski definition) is 10. The lowest BCUT2D eigenvalue weighted by Gasteiger charge is -2.29. The Labute approximate surface area is 313 Å². The lowest BCUT2D eigenvalue weighted by atomic mass is 9.98. The number of carbonyl (C=O) groups is 7. The minimum atomic E-state index is -1.18. The van der Waals surface area contributed by atoms with Gasteiger partial charge in [-0.05, 0) is 74.3 Å². The molecule has 0 rings (SSSR count). The molecule has 0 saturated heterocycles. The normalized spacial score (nSPS) is 14.9. The molecule has 6 amide bonds. The Morgan fingerprint density at radius 1 is 0.615 bits per heavy atom. The van der Waals surface area contributed by atoms with E-state index >= 15 is 0 Å². The fourth-order valence-corrected chi connectivity index (χ4v) is 5.65. The van der Waals surface area contributed by atoms with Crippen LogP contribution >= 0.6 is 11.8 Å². The van der Waals surface area contributed by atoms with E-state index < -0.39 is 96.0 Å². The molecular weight excluding hydrogens is 692 g/mol. The maximum absolute atomic E-state index is 13.5. The average Bonchev–Trinajstić information content (AvgIpc) is 3.04. The molecule has 6 atom stereocenters. The van der Waals surface area contributed by atoms with Crippen LogP contribution in [0.4, 0.5) is 0 Å². The van der Waals surface area contributed by atoms with Crippen molar-refractivity contribution in [3.63, 3.8) is 0 Å². The van der Waals surface area contributed by atoms with E-state index in [9.17, 15) is 38.7 Å². The molecule has 52 heavy (non-hydrogen) atoms. The fraction of sp³-hybridized carbons (Fsp3) is 0.800. The molecule has 0 unspecified atom stereocenters. The van der Waals surface area contributed by atoms with Crippen LogP contribution in [-0.4, -0.2) is 108 Å². The van der Waals surface area contributed by atoms with Gasteiger partial charge in [0.25, 0.3) is 0 Å². The van der Waals surface area contributed by atoms with Crippen molar-refractivity contribution >= 4 is 53.2 Å². The first kappa shape index (κ1) is 48.6. The van der Waals surface area contributed by atoms with Crippen molar-refractivity contribution in [3.05, 3.63) is 0 Å². The van der Waals surface area contributed by atoms with Crippen LogP contribution in [0.25, 0.3) is 0 Å². The summed E-state index contributed by atoms with van der Waals surface area (Å²) in [5.41, 5.74) is 11.6. The Morgan fingerprint density at radius 3 is 1.58 bits per heavy atom. The number of nitrogens with one attached hydrogen (secondary N) is 6. The molecular formula is C35H66N8O8S. The van der Waals surface area contributed by atoms with Crippen molar-refractivity contribution in [2.45, 2.75) is 130 Å². The maximum atomic E-state index is 13.5. The summed E-state index contributed by atoms with van der Waals surface area (Å²) in [5.74, 6) is -5.11. The van der Waals surface area contributed by atoms with E-state index in [1.54, 1.807) is 27.7 Å². The third-order valence-electron chi connectivity index (χ3n) is 8.15. The molecule has 11 N–H and O–H groups in total. The molecule has 17 heteroatoms. The highest BCUT2D eigenvalue weighted by atomic mass is 32.2. The third-order valence-corrected chi connectivity index (χ3v) is 8.79. The minimum Gasteiger partial charge on any atom is -0.480 e. The number of unbranched alkanes of at least 4 members (excludes halogenated alkanes) is 1. The summed E-state index contributed by atoms with van der Waals surface area (Å²) in [6.45, 7) is 14.3. The molecule has 0 heterocycles. The van der Waals surface area contributed by atoms with Gasteiger partial charge in [-0.1, -0.05) is 61.8 Å². The smallest absolute Gasteiger partial charge is 0.326 e. The summed E-state index contributed by atoms with van der Waals surface area (Å²) < 4.78 is 0. The SMILES string of the molecule is CSCC[C@H](NC(=O)[C@H](CC(C)C)NC(=O)CNC(=O)[C@@H](NC(=O)[C@@H](NC(=O)[C@H](CC(C)C)NC(=O)[C@@H](N)CCCCN)C(C)C)C(C)C)C(=O)O. The van der Waals surface area contributed by atoms with Crippen molar-refractivity contribution in [3.8, 4) is 0 Å². The molecule has 0 radical (unpaired) electrons. The zero-order valence-corrected chi connectivity index (χ0v) is 33.3. The van der Waals surface area contributed by atoms with Gasteiger partial charge in [0.2, 0.25) is 35.4 Å². The number of amides is 6. The molecule has 0 aliphatic heterocycles. The largest absolute Gasteiger partial charge is 0.480 e. The summed E-state index contributed by atoms with van der Waals surface area (Å²) >= 11 is 1.44. The van der Waals surface area contributed by atoms with Crippen LogP contribution in [0.5, 0.6) is 0 Å². The summed E-state index contributed by atoms with van der Waals surface area (Å²) in [6.07, 6.45) is 4.37. The van der Waals surface area contributed by atoms with Crippen LogP contribution < -0.4 is 43.4 Å². The lowest BCUT2D eigenvalue weighted by Crippen LogP contribution is -2.60. The van der Waals surface area contributed by atoms with Gasteiger partial charge in [-0.3, -0.25) is 28.8 Å². The van der Waals surface area contributed by atoms with Gasteiger partial charge >= 0.3 is 5.97 Å². The number of hydrogen-bond donors (Lipinski definition) is 9. The Balaban J connectivity index is 5.64. The summed E-state index contributed by atoms with van der Waals surface area (Å²) in [5, 5.41) is 25.2. The number of carboxylic acid groups (broad SMARTS) is 1. The van der Waals surface area contributed by atoms with Crippen molar-refractivity contribution in [2.24, 2.45) is 35.1 Å². The van der Waals surface area contributed by atoms with Gasteiger partial charge in [0, 0.05) is 0 Å². The van der Waals surface area contributed by atoms with Gasteiger partial charge < -0.3 is 48.5 Å². The average molecular weight is 759 g/mol. The van der Waals surface area contributed by atoms with E-state index in [4.69, 9.17) is 11.5 Å². The van der Waals surface area contributed by atoms with Crippen LogP contribution in [0.15, 0.2) is 0 Å². The highest BCUT2D eigenvalue weighted by molar-refractivity contribution is 7.98. The first-order chi connectivity index (χ1) is 24.2. The first-order valence-electron chi connectivity index (χ1n) is 18.2. The number of aliphatic carboxylic acids is 1. The van der Waals surface area contributed by atoms with Gasteiger partial charge in [-0.2, -0.15) is 11.8 Å². The van der Waals surface area contributed by atoms with E-state index in [0.717, 1.165) is 6.42 Å². The first-order valence-corrected chi connectivity index (χ1v) is 19.6. The second-order valence-corrected chi connectivity index (χ2v) is 15.7. The molecule has 0 bridgehead atoms. The molecule has 0 spiro atoms. The molecule has 0 aromatic carbocycles. The molecule has 0 aliphatic rings. The Morgan fingerprint density at radius 2 is 1.10 bits per heavy atom. The Hall–Kier alpha value is -3.44. The number of nitrogens with two attached hydrogens (primary N) is 2. The summed E-state index contributed by atoms with van der Waals surface area (Å²) in [6, 6.07) is -6.06. The zero-order chi connectivity index (χ0) is 40.1. The predicted octanol–water partition coefficient (Wildman–Crippen LogP) is 0.225. The van der Waals surface area contributed by atoms with Crippen LogP contribution in [0.2, 0.25) is 0 Å². The molecule has 0 aromatic rings. The minimum absolute atomic E-state index is 0.0176. The molecule has 0 saturated carbocycles. The number of rotatable bonds is 26. The highest BCUT2D eigenvalue weighted by Crippen LogP contribution is 2.11. The predicted molar refractivity (Wildman–Crippen MR) is 203 cm³/mol. The van der Waals surface area contributed by atoms with E-state index in [-0.39, 0.29) is 24.7 Å². The quantitative estimate of drug-likeness (QED) is 0.0539. The van der Waals surface area contributed by atoms with E-state index in [1.165, 1.54) is 11.8 Å². The Bertz CT molecular complexity index is 1170. The molecule has 0 fully saturated rings. The van der Waals surface area contributed by atoms with Crippen molar-refractivity contribution in [1.29, 1.82) is 0 Å². The second-order valence-electron chi connectivity index (χ2n) is 14.7. The van der Waals surface area contributed by atoms with E-state index in [0.29, 0.717) is 31.6 Å².